The molecule has 2 aliphatic rings. The van der Waals surface area contributed by atoms with Crippen molar-refractivity contribution in [2.24, 2.45) is 0 Å². The Morgan fingerprint density at radius 2 is 1.85 bits per heavy atom. The van der Waals surface area contributed by atoms with Gasteiger partial charge in [-0.3, -0.25) is 4.90 Å². The van der Waals surface area contributed by atoms with E-state index in [4.69, 9.17) is 9.31 Å². The van der Waals surface area contributed by atoms with Crippen LogP contribution in [0.1, 0.15) is 72.3 Å². The van der Waals surface area contributed by atoms with Gasteiger partial charge in [0.2, 0.25) is 0 Å². The molecule has 1 aromatic carbocycles. The Labute approximate surface area is 158 Å². The second-order valence-corrected chi connectivity index (χ2v) is 8.85. The smallest absolute Gasteiger partial charge is 0.399 e. The molecule has 0 aromatic heterocycles. The maximum atomic E-state index is 14.5. The highest BCUT2D eigenvalue weighted by Crippen LogP contribution is 2.36. The number of halogens is 1. The van der Waals surface area contributed by atoms with Gasteiger partial charge in [0.1, 0.15) is 5.82 Å². The van der Waals surface area contributed by atoms with Gasteiger partial charge in [0, 0.05) is 18.0 Å². The summed E-state index contributed by atoms with van der Waals surface area (Å²) in [5.74, 6) is -0.254. The van der Waals surface area contributed by atoms with Gasteiger partial charge >= 0.3 is 7.12 Å². The van der Waals surface area contributed by atoms with Crippen molar-refractivity contribution in [3.05, 3.63) is 29.6 Å². The van der Waals surface area contributed by atoms with Crippen LogP contribution in [0, 0.1) is 5.82 Å². The topological polar surface area (TPSA) is 21.7 Å². The van der Waals surface area contributed by atoms with Crippen LogP contribution < -0.4 is 5.46 Å². The lowest BCUT2D eigenvalue weighted by Crippen LogP contribution is -2.41. The number of hydrogen-bond donors (Lipinski definition) is 0. The van der Waals surface area contributed by atoms with Gasteiger partial charge in [-0.05, 0) is 65.1 Å². The van der Waals surface area contributed by atoms with Crippen molar-refractivity contribution in [3.63, 3.8) is 0 Å². The second-order valence-electron chi connectivity index (χ2n) is 8.85. The van der Waals surface area contributed by atoms with E-state index < -0.39 is 18.3 Å². The summed E-state index contributed by atoms with van der Waals surface area (Å²) < 4.78 is 26.6. The monoisotopic (exact) mass is 361 g/mol. The molecule has 26 heavy (non-hydrogen) atoms. The van der Waals surface area contributed by atoms with E-state index >= 15 is 0 Å². The van der Waals surface area contributed by atoms with Gasteiger partial charge in [0.25, 0.3) is 0 Å². The summed E-state index contributed by atoms with van der Waals surface area (Å²) in [6.07, 6.45) is 6.31. The summed E-state index contributed by atoms with van der Waals surface area (Å²) in [6.45, 7) is 12.2. The molecule has 0 N–H and O–H groups in total. The molecular weight excluding hydrogens is 328 g/mol. The zero-order valence-corrected chi connectivity index (χ0v) is 17.0. The summed E-state index contributed by atoms with van der Waals surface area (Å²) in [5, 5.41) is 0. The van der Waals surface area contributed by atoms with E-state index in [9.17, 15) is 4.39 Å². The molecule has 0 bridgehead atoms. The van der Waals surface area contributed by atoms with Gasteiger partial charge in [-0.15, -0.1) is 0 Å². The fourth-order valence-electron chi connectivity index (χ4n) is 4.01. The minimum Gasteiger partial charge on any atom is -0.399 e. The van der Waals surface area contributed by atoms with Crippen LogP contribution >= 0.6 is 0 Å². The number of likely N-dealkylation sites (tertiary alicyclic amines) is 1. The van der Waals surface area contributed by atoms with E-state index in [0.29, 0.717) is 11.5 Å². The first kappa shape index (κ1) is 19.8. The number of hydrogen-bond acceptors (Lipinski definition) is 3. The van der Waals surface area contributed by atoms with E-state index in [-0.39, 0.29) is 5.82 Å². The third kappa shape index (κ3) is 4.00. The van der Waals surface area contributed by atoms with Crippen LogP contribution in [-0.2, 0) is 15.9 Å². The Balaban J connectivity index is 1.78. The van der Waals surface area contributed by atoms with Gasteiger partial charge in [-0.1, -0.05) is 31.9 Å². The molecule has 0 radical (unpaired) electrons. The van der Waals surface area contributed by atoms with Crippen molar-refractivity contribution in [3.8, 4) is 0 Å². The van der Waals surface area contributed by atoms with E-state index in [0.717, 1.165) is 18.7 Å². The molecule has 2 heterocycles. The summed E-state index contributed by atoms with van der Waals surface area (Å²) in [4.78, 5) is 2.56. The molecule has 3 rings (SSSR count). The lowest BCUT2D eigenvalue weighted by molar-refractivity contribution is 0.00578. The van der Waals surface area contributed by atoms with Crippen LogP contribution in [0.5, 0.6) is 0 Å². The normalized spacial score (nSPS) is 25.6. The predicted octanol–water partition coefficient (Wildman–Crippen LogP) is 4.28. The first-order chi connectivity index (χ1) is 12.2. The van der Waals surface area contributed by atoms with Gasteiger partial charge in [0.05, 0.1) is 11.2 Å². The third-order valence-electron chi connectivity index (χ3n) is 6.32. The molecule has 2 aliphatic heterocycles. The Morgan fingerprint density at radius 3 is 2.50 bits per heavy atom. The SMILES string of the molecule is CCCC1CCCCN1Cc1ccc(F)c(B2OC(C)(C)C(C)(C)O2)c1. The largest absolute Gasteiger partial charge is 0.497 e. The summed E-state index contributed by atoms with van der Waals surface area (Å²) in [6, 6.07) is 6.06. The molecule has 2 fully saturated rings. The van der Waals surface area contributed by atoms with Crippen LogP contribution in [0.4, 0.5) is 4.39 Å². The van der Waals surface area contributed by atoms with E-state index in [2.05, 4.69) is 11.8 Å². The Hall–Kier alpha value is -0.905. The summed E-state index contributed by atoms with van der Waals surface area (Å²) >= 11 is 0. The van der Waals surface area contributed by atoms with Crippen molar-refractivity contribution in [1.82, 2.24) is 4.90 Å². The fraction of sp³-hybridized carbons (Fsp3) is 0.714. The second kappa shape index (κ2) is 7.61. The van der Waals surface area contributed by atoms with Crippen molar-refractivity contribution < 1.29 is 13.7 Å². The molecule has 0 spiro atoms. The van der Waals surface area contributed by atoms with Crippen molar-refractivity contribution >= 4 is 12.6 Å². The van der Waals surface area contributed by atoms with E-state index in [1.165, 1.54) is 32.1 Å². The average molecular weight is 361 g/mol. The van der Waals surface area contributed by atoms with Crippen LogP contribution in [-0.4, -0.2) is 35.8 Å². The Morgan fingerprint density at radius 1 is 1.15 bits per heavy atom. The third-order valence-corrected chi connectivity index (χ3v) is 6.32. The van der Waals surface area contributed by atoms with Gasteiger partial charge in [-0.2, -0.15) is 0 Å². The highest BCUT2D eigenvalue weighted by molar-refractivity contribution is 6.62. The first-order valence-corrected chi connectivity index (χ1v) is 10.1. The zero-order valence-electron chi connectivity index (χ0n) is 17.0. The molecule has 0 saturated carbocycles. The maximum absolute atomic E-state index is 14.5. The molecule has 1 aromatic rings. The molecule has 2 saturated heterocycles. The highest BCUT2D eigenvalue weighted by atomic mass is 19.1. The predicted molar refractivity (Wildman–Crippen MR) is 105 cm³/mol. The van der Waals surface area contributed by atoms with Gasteiger partial charge in [0.15, 0.2) is 0 Å². The van der Waals surface area contributed by atoms with Crippen molar-refractivity contribution in [2.75, 3.05) is 6.54 Å². The quantitative estimate of drug-likeness (QED) is 0.731. The number of nitrogens with zero attached hydrogens (tertiary/aromatic N) is 1. The number of rotatable bonds is 5. The summed E-state index contributed by atoms with van der Waals surface area (Å²) in [5.41, 5.74) is 0.739. The summed E-state index contributed by atoms with van der Waals surface area (Å²) in [7, 11) is -0.646. The van der Waals surface area contributed by atoms with Crippen molar-refractivity contribution in [1.29, 1.82) is 0 Å². The van der Waals surface area contributed by atoms with Gasteiger partial charge in [-0.25, -0.2) is 4.39 Å². The minimum atomic E-state index is -0.646. The molecular formula is C21H33BFNO2. The van der Waals surface area contributed by atoms with Crippen LogP contribution in [0.2, 0.25) is 0 Å². The lowest BCUT2D eigenvalue weighted by Gasteiger charge is -2.35. The lowest BCUT2D eigenvalue weighted by atomic mass is 9.78. The highest BCUT2D eigenvalue weighted by Gasteiger charge is 2.52. The standard InChI is InChI=1S/C21H33BFNO2/c1-6-9-17-10-7-8-13-24(17)15-16-11-12-19(23)18(14-16)22-25-20(2,3)21(4,5)26-22/h11-12,14,17H,6-10,13,15H2,1-5H3. The van der Waals surface area contributed by atoms with Crippen LogP contribution in [0.25, 0.3) is 0 Å². The van der Waals surface area contributed by atoms with Crippen LogP contribution in [0.15, 0.2) is 18.2 Å². The molecule has 144 valence electrons. The molecule has 5 heteroatoms. The Bertz CT molecular complexity index is 616. The first-order valence-electron chi connectivity index (χ1n) is 10.1. The van der Waals surface area contributed by atoms with Crippen molar-refractivity contribution in [2.45, 2.75) is 90.5 Å². The molecule has 0 amide bonds. The maximum Gasteiger partial charge on any atom is 0.497 e. The molecule has 1 unspecified atom stereocenters. The van der Waals surface area contributed by atoms with Gasteiger partial charge < -0.3 is 9.31 Å². The zero-order chi connectivity index (χ0) is 18.9. The molecule has 0 aliphatic carbocycles. The average Bonchev–Trinajstić information content (AvgIpc) is 2.79. The fourth-order valence-corrected chi connectivity index (χ4v) is 4.01. The Kier molecular flexibility index (Phi) is 5.81. The molecule has 3 nitrogen and oxygen atoms in total. The van der Waals surface area contributed by atoms with E-state index in [1.54, 1.807) is 6.07 Å². The van der Waals surface area contributed by atoms with E-state index in [1.807, 2.05) is 39.8 Å². The molecule has 1 atom stereocenters. The minimum absolute atomic E-state index is 0.254. The number of benzene rings is 1. The van der Waals surface area contributed by atoms with Crippen LogP contribution in [0.3, 0.4) is 0 Å². The number of piperidine rings is 1.